The number of aliphatic carboxylic acids is 1. The molecule has 0 aliphatic rings. The van der Waals surface area contributed by atoms with Crippen molar-refractivity contribution in [3.05, 3.63) is 73.1 Å². The molecule has 0 fully saturated rings. The van der Waals surface area contributed by atoms with Crippen molar-refractivity contribution in [1.29, 1.82) is 0 Å². The molecule has 0 aliphatic carbocycles. The number of carbonyl (C=O) groups is 1. The summed E-state index contributed by atoms with van der Waals surface area (Å²) in [5.74, 6) is -0.414. The molecule has 5 rings (SSSR count). The molecule has 0 amide bonds. The number of fused-ring (bicyclic) bond motifs is 1. The number of carboxylic acid groups (broad SMARTS) is 1. The van der Waals surface area contributed by atoms with Crippen LogP contribution in [0.2, 0.25) is 0 Å². The van der Waals surface area contributed by atoms with Gasteiger partial charge in [-0.15, -0.1) is 10.2 Å². The molecule has 0 radical (unpaired) electrons. The summed E-state index contributed by atoms with van der Waals surface area (Å²) in [5.41, 5.74) is 7.95. The van der Waals surface area contributed by atoms with E-state index in [1.54, 1.807) is 17.9 Å². The Labute approximate surface area is 193 Å². The molecule has 33 heavy (non-hydrogen) atoms. The third kappa shape index (κ3) is 4.18. The van der Waals surface area contributed by atoms with Gasteiger partial charge in [0.25, 0.3) is 0 Å². The minimum absolute atomic E-state index is 0.1000. The van der Waals surface area contributed by atoms with Gasteiger partial charge >= 0.3 is 5.97 Å². The number of rotatable bonds is 7. The highest BCUT2D eigenvalue weighted by Gasteiger charge is 2.17. The highest BCUT2D eigenvalue weighted by Crippen LogP contribution is 2.34. The van der Waals surface area contributed by atoms with Crippen LogP contribution in [0, 0.1) is 0 Å². The summed E-state index contributed by atoms with van der Waals surface area (Å²) in [6, 6.07) is 20.9. The normalized spacial score (nSPS) is 11.1. The van der Waals surface area contributed by atoms with Crippen molar-refractivity contribution in [2.45, 2.75) is 5.16 Å². The second-order valence-electron chi connectivity index (χ2n) is 7.40. The first-order chi connectivity index (χ1) is 16.1. The van der Waals surface area contributed by atoms with E-state index in [1.165, 1.54) is 5.39 Å². The molecule has 0 spiro atoms. The highest BCUT2D eigenvalue weighted by atomic mass is 32.2. The fraction of sp³-hybridized carbons (Fsp3) is 0.0833. The third-order valence-corrected chi connectivity index (χ3v) is 6.20. The molecule has 9 heteroatoms. The SMILES string of the molecule is CNn1c(SCC(=O)O)nnc1-c1cc(-c2cn[nH]c2)cc(-c2ccc3ccccc3c2)c1. The maximum Gasteiger partial charge on any atom is 0.313 e. The number of nitrogens with zero attached hydrogens (tertiary/aromatic N) is 4. The van der Waals surface area contributed by atoms with Crippen molar-refractivity contribution in [2.24, 2.45) is 0 Å². The lowest BCUT2D eigenvalue weighted by atomic mass is 9.95. The summed E-state index contributed by atoms with van der Waals surface area (Å²) in [7, 11) is 1.75. The van der Waals surface area contributed by atoms with Crippen LogP contribution < -0.4 is 5.43 Å². The minimum Gasteiger partial charge on any atom is -0.481 e. The Morgan fingerprint density at radius 1 is 0.970 bits per heavy atom. The third-order valence-electron chi connectivity index (χ3n) is 5.29. The van der Waals surface area contributed by atoms with Gasteiger partial charge in [-0.3, -0.25) is 9.89 Å². The van der Waals surface area contributed by atoms with Gasteiger partial charge in [0.1, 0.15) is 0 Å². The Hall–Kier alpha value is -4.11. The zero-order valence-electron chi connectivity index (χ0n) is 17.7. The Morgan fingerprint density at radius 3 is 2.45 bits per heavy atom. The first-order valence-electron chi connectivity index (χ1n) is 10.2. The van der Waals surface area contributed by atoms with Crippen molar-refractivity contribution in [3.63, 3.8) is 0 Å². The maximum atomic E-state index is 11.0. The van der Waals surface area contributed by atoms with Gasteiger partial charge in [-0.05, 0) is 51.7 Å². The molecule has 3 aromatic carbocycles. The molecule has 0 saturated heterocycles. The molecule has 0 aliphatic heterocycles. The second kappa shape index (κ2) is 8.79. The van der Waals surface area contributed by atoms with Crippen LogP contribution in [-0.4, -0.2) is 48.9 Å². The van der Waals surface area contributed by atoms with Gasteiger partial charge in [0.15, 0.2) is 5.82 Å². The predicted molar refractivity (Wildman–Crippen MR) is 130 cm³/mol. The van der Waals surface area contributed by atoms with Crippen molar-refractivity contribution < 1.29 is 9.90 Å². The van der Waals surface area contributed by atoms with Crippen molar-refractivity contribution >= 4 is 28.5 Å². The molecular weight excluding hydrogens is 436 g/mol. The Kier molecular flexibility index (Phi) is 5.54. The smallest absolute Gasteiger partial charge is 0.313 e. The number of benzene rings is 3. The standard InChI is InChI=1S/C24H20N6O2S/c1-25-30-23(28-29-24(30)33-14-22(31)32)20-10-18(9-19(11-20)21-12-26-27-13-21)17-7-6-15-4-2-3-5-16(15)8-17/h2-13,25H,14H2,1H3,(H,26,27)(H,31,32). The van der Waals surface area contributed by atoms with Crippen LogP contribution in [0.3, 0.4) is 0 Å². The molecule has 0 unspecified atom stereocenters. The zero-order valence-corrected chi connectivity index (χ0v) is 18.5. The quantitative estimate of drug-likeness (QED) is 0.309. The molecule has 2 heterocycles. The lowest BCUT2D eigenvalue weighted by Crippen LogP contribution is -2.13. The molecule has 8 nitrogen and oxygen atoms in total. The molecule has 164 valence electrons. The van der Waals surface area contributed by atoms with Crippen LogP contribution in [0.4, 0.5) is 0 Å². The number of thioether (sulfide) groups is 1. The molecule has 0 saturated carbocycles. The largest absolute Gasteiger partial charge is 0.481 e. The van der Waals surface area contributed by atoms with Crippen LogP contribution in [0.25, 0.3) is 44.4 Å². The van der Waals surface area contributed by atoms with E-state index in [9.17, 15) is 4.79 Å². The molecule has 0 bridgehead atoms. The zero-order chi connectivity index (χ0) is 22.8. The molecule has 3 N–H and O–H groups in total. The highest BCUT2D eigenvalue weighted by molar-refractivity contribution is 7.99. The number of H-pyrrole nitrogens is 1. The van der Waals surface area contributed by atoms with Crippen LogP contribution in [-0.2, 0) is 4.79 Å². The molecule has 5 aromatic rings. The number of hydrogen-bond donors (Lipinski definition) is 3. The Balaban J connectivity index is 1.65. The van der Waals surface area contributed by atoms with E-state index in [2.05, 4.69) is 68.3 Å². The Bertz CT molecular complexity index is 1440. The van der Waals surface area contributed by atoms with E-state index in [0.29, 0.717) is 11.0 Å². The average molecular weight is 457 g/mol. The van der Waals surface area contributed by atoms with Crippen molar-refractivity contribution in [3.8, 4) is 33.6 Å². The second-order valence-corrected chi connectivity index (χ2v) is 8.34. The van der Waals surface area contributed by atoms with E-state index in [-0.39, 0.29) is 5.75 Å². The van der Waals surface area contributed by atoms with Crippen LogP contribution >= 0.6 is 11.8 Å². The fourth-order valence-electron chi connectivity index (χ4n) is 3.75. The van der Waals surface area contributed by atoms with Crippen molar-refractivity contribution in [2.75, 3.05) is 18.2 Å². The number of aromatic nitrogens is 5. The topological polar surface area (TPSA) is 109 Å². The van der Waals surface area contributed by atoms with Gasteiger partial charge in [0, 0.05) is 24.4 Å². The number of nitrogens with one attached hydrogen (secondary N) is 2. The van der Waals surface area contributed by atoms with Gasteiger partial charge in [-0.2, -0.15) is 5.10 Å². The molecular formula is C24H20N6O2S. The first kappa shape index (κ1) is 20.8. The first-order valence-corrected chi connectivity index (χ1v) is 11.2. The van der Waals surface area contributed by atoms with Crippen LogP contribution in [0.5, 0.6) is 0 Å². The van der Waals surface area contributed by atoms with E-state index in [1.807, 2.05) is 24.4 Å². The fourth-order valence-corrected chi connectivity index (χ4v) is 4.40. The van der Waals surface area contributed by atoms with E-state index < -0.39 is 5.97 Å². The van der Waals surface area contributed by atoms with E-state index in [4.69, 9.17) is 5.11 Å². The number of hydrogen-bond acceptors (Lipinski definition) is 6. The van der Waals surface area contributed by atoms with Crippen LogP contribution in [0.15, 0.2) is 78.2 Å². The summed E-state index contributed by atoms with van der Waals surface area (Å²) < 4.78 is 1.70. The van der Waals surface area contributed by atoms with Gasteiger partial charge in [-0.25, -0.2) is 4.68 Å². The minimum atomic E-state index is -0.909. The van der Waals surface area contributed by atoms with Gasteiger partial charge in [-0.1, -0.05) is 48.2 Å². The lowest BCUT2D eigenvalue weighted by molar-refractivity contribution is -0.133. The van der Waals surface area contributed by atoms with Crippen LogP contribution in [0.1, 0.15) is 0 Å². The maximum absolute atomic E-state index is 11.0. The predicted octanol–water partition coefficient (Wildman–Crippen LogP) is 4.51. The number of carboxylic acids is 1. The van der Waals surface area contributed by atoms with E-state index >= 15 is 0 Å². The monoisotopic (exact) mass is 456 g/mol. The van der Waals surface area contributed by atoms with Gasteiger partial charge < -0.3 is 10.5 Å². The van der Waals surface area contributed by atoms with Crippen molar-refractivity contribution in [1.82, 2.24) is 25.1 Å². The summed E-state index contributed by atoms with van der Waals surface area (Å²) in [6.07, 6.45) is 3.63. The number of aromatic amines is 1. The summed E-state index contributed by atoms with van der Waals surface area (Å²) in [4.78, 5) is 11.0. The molecule has 0 atom stereocenters. The summed E-state index contributed by atoms with van der Waals surface area (Å²) in [5, 5.41) is 27.4. The average Bonchev–Trinajstić information content (AvgIpc) is 3.52. The summed E-state index contributed by atoms with van der Waals surface area (Å²) >= 11 is 1.11. The lowest BCUT2D eigenvalue weighted by Gasteiger charge is -2.12. The molecule has 2 aromatic heterocycles. The van der Waals surface area contributed by atoms with Gasteiger partial charge in [0.05, 0.1) is 11.9 Å². The van der Waals surface area contributed by atoms with E-state index in [0.717, 1.165) is 45.0 Å². The Morgan fingerprint density at radius 2 is 1.73 bits per heavy atom. The van der Waals surface area contributed by atoms with Gasteiger partial charge in [0.2, 0.25) is 5.16 Å². The summed E-state index contributed by atoms with van der Waals surface area (Å²) in [6.45, 7) is 0.